The minimum atomic E-state index is -0.292. The van der Waals surface area contributed by atoms with Crippen LogP contribution >= 0.6 is 0 Å². The topological polar surface area (TPSA) is 41.6 Å². The Morgan fingerprint density at radius 1 is 1.25 bits per heavy atom. The number of hydrogen-bond donors (Lipinski definition) is 1. The van der Waals surface area contributed by atoms with E-state index >= 15 is 0 Å². The number of nitrogens with one attached hydrogen (secondary N) is 1. The first kappa shape index (κ1) is 20.2. The second-order valence-corrected chi connectivity index (χ2v) is 7.35. The highest BCUT2D eigenvalue weighted by molar-refractivity contribution is 5.69. The summed E-state index contributed by atoms with van der Waals surface area (Å²) in [5.74, 6) is -0.572. The lowest BCUT2D eigenvalue weighted by Gasteiger charge is -2.25. The van der Waals surface area contributed by atoms with Gasteiger partial charge < -0.3 is 15.0 Å². The lowest BCUT2D eigenvalue weighted by molar-refractivity contribution is -0.143. The molecule has 150 valence electrons. The van der Waals surface area contributed by atoms with Crippen LogP contribution in [0.2, 0.25) is 0 Å². The monoisotopic (exact) mass is 384 g/mol. The van der Waals surface area contributed by atoms with Crippen molar-refractivity contribution in [1.82, 2.24) is 0 Å². The zero-order valence-electron chi connectivity index (χ0n) is 17.0. The van der Waals surface area contributed by atoms with E-state index in [1.54, 1.807) is 19.1 Å². The number of ether oxygens (including phenoxy) is 1. The average Bonchev–Trinajstić information content (AvgIpc) is 2.69. The molecule has 0 radical (unpaired) electrons. The number of rotatable bonds is 7. The highest BCUT2D eigenvalue weighted by atomic mass is 19.1. The molecule has 0 saturated carbocycles. The molecular weight excluding hydrogens is 355 g/mol. The smallest absolute Gasteiger partial charge is 0.306 e. The molecule has 3 rings (SSSR count). The molecule has 0 aliphatic carbocycles. The van der Waals surface area contributed by atoms with E-state index in [0.717, 1.165) is 18.7 Å². The van der Waals surface area contributed by atoms with Crippen molar-refractivity contribution in [2.45, 2.75) is 46.1 Å². The van der Waals surface area contributed by atoms with Crippen molar-refractivity contribution < 1.29 is 13.9 Å². The Morgan fingerprint density at radius 2 is 2.04 bits per heavy atom. The first-order chi connectivity index (χ1) is 13.5. The highest BCUT2D eigenvalue weighted by Gasteiger charge is 2.15. The van der Waals surface area contributed by atoms with E-state index in [0.29, 0.717) is 25.1 Å². The number of esters is 1. The fourth-order valence-corrected chi connectivity index (χ4v) is 3.72. The van der Waals surface area contributed by atoms with Gasteiger partial charge in [-0.3, -0.25) is 4.79 Å². The third-order valence-corrected chi connectivity index (χ3v) is 5.38. The maximum absolute atomic E-state index is 14.5. The molecule has 1 N–H and O–H groups in total. The number of anilines is 2. The second-order valence-electron chi connectivity index (χ2n) is 7.35. The summed E-state index contributed by atoms with van der Waals surface area (Å²) in [5.41, 5.74) is 6.52. The Labute approximate surface area is 166 Å². The van der Waals surface area contributed by atoms with E-state index in [2.05, 4.69) is 29.3 Å². The summed E-state index contributed by atoms with van der Waals surface area (Å²) in [7, 11) is 1.97. The lowest BCUT2D eigenvalue weighted by Crippen LogP contribution is -2.19. The SMILES string of the molecule is CCOC(=O)CCc1ccc(N(C)Cc2ccc3c(c2C)NCCC3)cc1F. The summed E-state index contributed by atoms with van der Waals surface area (Å²) in [6.45, 7) is 6.00. The Balaban J connectivity index is 1.68. The van der Waals surface area contributed by atoms with Gasteiger partial charge in [0.05, 0.1) is 6.61 Å². The van der Waals surface area contributed by atoms with Crippen LogP contribution in [0, 0.1) is 12.7 Å². The molecule has 0 fully saturated rings. The van der Waals surface area contributed by atoms with E-state index < -0.39 is 0 Å². The van der Waals surface area contributed by atoms with Gasteiger partial charge in [0.15, 0.2) is 0 Å². The predicted octanol–water partition coefficient (Wildman–Crippen LogP) is 4.62. The molecule has 5 heteroatoms. The summed E-state index contributed by atoms with van der Waals surface area (Å²) in [4.78, 5) is 13.5. The van der Waals surface area contributed by atoms with Crippen molar-refractivity contribution in [3.63, 3.8) is 0 Å². The number of benzene rings is 2. The fraction of sp³-hybridized carbons (Fsp3) is 0.435. The maximum Gasteiger partial charge on any atom is 0.306 e. The Hall–Kier alpha value is -2.56. The summed E-state index contributed by atoms with van der Waals surface area (Å²) >= 11 is 0. The Bertz CT molecular complexity index is 851. The van der Waals surface area contributed by atoms with Crippen molar-refractivity contribution in [3.05, 3.63) is 58.4 Å². The van der Waals surface area contributed by atoms with E-state index in [-0.39, 0.29) is 18.2 Å². The number of carbonyl (C=O) groups is 1. The summed E-state index contributed by atoms with van der Waals surface area (Å²) in [5, 5.41) is 3.52. The molecule has 4 nitrogen and oxygen atoms in total. The van der Waals surface area contributed by atoms with Crippen LogP contribution in [0.3, 0.4) is 0 Å². The molecule has 0 atom stereocenters. The molecule has 1 aliphatic rings. The molecule has 28 heavy (non-hydrogen) atoms. The molecule has 0 spiro atoms. The predicted molar refractivity (Wildman–Crippen MR) is 111 cm³/mol. The third kappa shape index (κ3) is 4.64. The number of fused-ring (bicyclic) bond motifs is 1. The first-order valence-electron chi connectivity index (χ1n) is 10.00. The Kier molecular flexibility index (Phi) is 6.55. The fourth-order valence-electron chi connectivity index (χ4n) is 3.72. The number of hydrogen-bond acceptors (Lipinski definition) is 4. The van der Waals surface area contributed by atoms with Gasteiger partial charge in [0.25, 0.3) is 0 Å². The summed E-state index contributed by atoms with van der Waals surface area (Å²) in [6, 6.07) is 9.61. The summed E-state index contributed by atoms with van der Waals surface area (Å²) < 4.78 is 19.4. The van der Waals surface area contributed by atoms with Crippen molar-refractivity contribution in [3.8, 4) is 0 Å². The molecule has 0 aromatic heterocycles. The van der Waals surface area contributed by atoms with Crippen molar-refractivity contribution in [2.24, 2.45) is 0 Å². The number of halogens is 1. The molecule has 0 saturated heterocycles. The highest BCUT2D eigenvalue weighted by Crippen LogP contribution is 2.30. The van der Waals surface area contributed by atoms with E-state index in [9.17, 15) is 9.18 Å². The summed E-state index contributed by atoms with van der Waals surface area (Å²) in [6.07, 6.45) is 2.84. The lowest BCUT2D eigenvalue weighted by atomic mass is 9.96. The molecule has 1 heterocycles. The van der Waals surface area contributed by atoms with Gasteiger partial charge in [-0.05, 0) is 67.5 Å². The number of aryl methyl sites for hydroxylation is 2. The normalized spacial score (nSPS) is 12.9. The van der Waals surface area contributed by atoms with Gasteiger partial charge in [-0.1, -0.05) is 18.2 Å². The van der Waals surface area contributed by atoms with Crippen LogP contribution in [0.4, 0.5) is 15.8 Å². The average molecular weight is 384 g/mol. The molecule has 2 aromatic rings. The zero-order chi connectivity index (χ0) is 20.1. The van der Waals surface area contributed by atoms with Gasteiger partial charge in [-0.25, -0.2) is 4.39 Å². The molecule has 1 aliphatic heterocycles. The van der Waals surface area contributed by atoms with Crippen LogP contribution in [-0.2, 0) is 28.9 Å². The van der Waals surface area contributed by atoms with Gasteiger partial charge in [-0.15, -0.1) is 0 Å². The van der Waals surface area contributed by atoms with Crippen LogP contribution in [0.5, 0.6) is 0 Å². The molecule has 0 amide bonds. The molecular formula is C23H29FN2O2. The van der Waals surface area contributed by atoms with Crippen LogP contribution in [0.25, 0.3) is 0 Å². The van der Waals surface area contributed by atoms with Gasteiger partial charge in [0, 0.05) is 37.9 Å². The standard InChI is InChI=1S/C23H29FN2O2/c1-4-28-22(27)12-10-17-9-11-20(14-21(17)24)26(3)15-19-8-7-18-6-5-13-25-23(18)16(19)2/h7-9,11,14,25H,4-6,10,12-13,15H2,1-3H3. The van der Waals surface area contributed by atoms with E-state index in [4.69, 9.17) is 4.74 Å². The quantitative estimate of drug-likeness (QED) is 0.707. The van der Waals surface area contributed by atoms with E-state index in [1.807, 2.05) is 13.1 Å². The number of carbonyl (C=O) groups excluding carboxylic acids is 1. The maximum atomic E-state index is 14.5. The molecule has 0 unspecified atom stereocenters. The minimum Gasteiger partial charge on any atom is -0.466 e. The Morgan fingerprint density at radius 3 is 2.79 bits per heavy atom. The minimum absolute atomic E-state index is 0.196. The van der Waals surface area contributed by atoms with E-state index in [1.165, 1.54) is 28.8 Å². The van der Waals surface area contributed by atoms with Gasteiger partial charge in [-0.2, -0.15) is 0 Å². The van der Waals surface area contributed by atoms with Gasteiger partial charge in [0.2, 0.25) is 0 Å². The number of nitrogens with zero attached hydrogens (tertiary/aromatic N) is 1. The first-order valence-corrected chi connectivity index (χ1v) is 10.00. The van der Waals surface area contributed by atoms with Crippen molar-refractivity contribution >= 4 is 17.3 Å². The van der Waals surface area contributed by atoms with Crippen LogP contribution in [0.1, 0.15) is 42.0 Å². The van der Waals surface area contributed by atoms with Gasteiger partial charge >= 0.3 is 5.97 Å². The van der Waals surface area contributed by atoms with Crippen LogP contribution < -0.4 is 10.2 Å². The van der Waals surface area contributed by atoms with Crippen LogP contribution in [0.15, 0.2) is 30.3 Å². The largest absolute Gasteiger partial charge is 0.466 e. The molecule has 0 bridgehead atoms. The molecule has 2 aromatic carbocycles. The van der Waals surface area contributed by atoms with Gasteiger partial charge in [0.1, 0.15) is 5.82 Å². The zero-order valence-corrected chi connectivity index (χ0v) is 17.0. The third-order valence-electron chi connectivity index (χ3n) is 5.38. The van der Waals surface area contributed by atoms with Crippen molar-refractivity contribution in [2.75, 3.05) is 30.4 Å². The van der Waals surface area contributed by atoms with Crippen LogP contribution in [-0.4, -0.2) is 26.2 Å². The second kappa shape index (κ2) is 9.09. The van der Waals surface area contributed by atoms with Crippen molar-refractivity contribution in [1.29, 1.82) is 0 Å².